The van der Waals surface area contributed by atoms with Gasteiger partial charge in [-0.3, -0.25) is 9.59 Å². The number of nitrogens with zero attached hydrogens (tertiary/aromatic N) is 1. The van der Waals surface area contributed by atoms with Crippen LogP contribution in [0.2, 0.25) is 0 Å². The molecule has 1 atom stereocenters. The quantitative estimate of drug-likeness (QED) is 0.808. The highest BCUT2D eigenvalue weighted by Crippen LogP contribution is 2.37. The van der Waals surface area contributed by atoms with Crippen molar-refractivity contribution in [1.82, 2.24) is 5.32 Å². The first kappa shape index (κ1) is 19.1. The lowest BCUT2D eigenvalue weighted by Gasteiger charge is -2.34. The second-order valence-corrected chi connectivity index (χ2v) is 6.81. The average molecular weight is 396 g/mol. The number of ether oxygens (including phenoxy) is 1. The number of carbonyl (C=O) groups excluding carboxylic acids is 2. The van der Waals surface area contributed by atoms with Gasteiger partial charge in [0.2, 0.25) is 0 Å². The Morgan fingerprint density at radius 2 is 1.81 bits per heavy atom. The van der Waals surface area contributed by atoms with Gasteiger partial charge < -0.3 is 15.0 Å². The minimum Gasteiger partial charge on any atom is -0.477 e. The number of fused-ring (bicyclic) bond motifs is 1. The highest BCUT2D eigenvalue weighted by molar-refractivity contribution is 8.00. The number of nitrogens with one attached hydrogen (secondary N) is 1. The molecule has 2 amide bonds. The number of alkyl halides is 3. The summed E-state index contributed by atoms with van der Waals surface area (Å²) in [6, 6.07) is 11.9. The van der Waals surface area contributed by atoms with Crippen LogP contribution in [-0.2, 0) is 4.79 Å². The molecule has 27 heavy (non-hydrogen) atoms. The van der Waals surface area contributed by atoms with Gasteiger partial charge in [-0.05, 0) is 48.2 Å². The van der Waals surface area contributed by atoms with Gasteiger partial charge in [0.05, 0.1) is 12.2 Å². The molecular formula is C18H15F3N2O3S. The number of rotatable bonds is 3. The van der Waals surface area contributed by atoms with Crippen LogP contribution in [-0.4, -0.2) is 37.0 Å². The fourth-order valence-corrected chi connectivity index (χ4v) is 3.22. The number of para-hydroxylation sites is 2. The van der Waals surface area contributed by atoms with Crippen LogP contribution < -0.4 is 15.0 Å². The standard InChI is InChI=1S/C18H15F3N2O3S/c1-22-16(24)15-10-23(13-4-2-3-5-14(13)26-15)17(25)11-6-8-12(9-7-11)27-18(19,20)21/h2-9,15H,10H2,1H3,(H,22,24)/t15-/m1/s1. The average Bonchev–Trinajstić information content (AvgIpc) is 2.65. The summed E-state index contributed by atoms with van der Waals surface area (Å²) >= 11 is -0.245. The van der Waals surface area contributed by atoms with Crippen LogP contribution in [0.3, 0.4) is 0 Å². The third kappa shape index (κ3) is 4.36. The molecule has 0 spiro atoms. The molecular weight excluding hydrogens is 381 g/mol. The Hall–Kier alpha value is -2.68. The van der Waals surface area contributed by atoms with E-state index in [4.69, 9.17) is 4.74 Å². The summed E-state index contributed by atoms with van der Waals surface area (Å²) in [6.45, 7) is -0.00538. The van der Waals surface area contributed by atoms with E-state index in [2.05, 4.69) is 5.32 Å². The number of thioether (sulfide) groups is 1. The van der Waals surface area contributed by atoms with Gasteiger partial charge in [-0.1, -0.05) is 12.1 Å². The lowest BCUT2D eigenvalue weighted by Crippen LogP contribution is -2.50. The molecule has 1 N–H and O–H groups in total. The summed E-state index contributed by atoms with van der Waals surface area (Å²) in [7, 11) is 1.47. The Morgan fingerprint density at radius 1 is 1.15 bits per heavy atom. The molecule has 1 aliphatic rings. The molecule has 142 valence electrons. The van der Waals surface area contributed by atoms with Gasteiger partial charge in [-0.25, -0.2) is 0 Å². The predicted molar refractivity (Wildman–Crippen MR) is 95.0 cm³/mol. The molecule has 0 bridgehead atoms. The molecule has 0 unspecified atom stereocenters. The molecule has 3 rings (SSSR count). The van der Waals surface area contributed by atoms with Crippen LogP contribution in [0.5, 0.6) is 5.75 Å². The second kappa shape index (κ2) is 7.51. The van der Waals surface area contributed by atoms with Crippen molar-refractivity contribution in [1.29, 1.82) is 0 Å². The van der Waals surface area contributed by atoms with Gasteiger partial charge in [-0.2, -0.15) is 13.2 Å². The minimum absolute atomic E-state index is 0.00538. The van der Waals surface area contributed by atoms with Crippen LogP contribution >= 0.6 is 11.8 Å². The van der Waals surface area contributed by atoms with E-state index < -0.39 is 17.5 Å². The van der Waals surface area contributed by atoms with Crippen molar-refractivity contribution in [2.75, 3.05) is 18.5 Å². The zero-order valence-electron chi connectivity index (χ0n) is 14.1. The van der Waals surface area contributed by atoms with Gasteiger partial charge in [0.25, 0.3) is 11.8 Å². The monoisotopic (exact) mass is 396 g/mol. The van der Waals surface area contributed by atoms with Gasteiger partial charge in [0, 0.05) is 17.5 Å². The lowest BCUT2D eigenvalue weighted by atomic mass is 10.1. The topological polar surface area (TPSA) is 58.6 Å². The number of carbonyl (C=O) groups is 2. The third-order valence-corrected chi connectivity index (χ3v) is 4.63. The van der Waals surface area contributed by atoms with Crippen LogP contribution in [0.25, 0.3) is 0 Å². The summed E-state index contributed by atoms with van der Waals surface area (Å²) in [5.41, 5.74) is -3.68. The number of hydrogen-bond donors (Lipinski definition) is 1. The molecule has 1 aliphatic heterocycles. The highest BCUT2D eigenvalue weighted by Gasteiger charge is 2.34. The molecule has 5 nitrogen and oxygen atoms in total. The summed E-state index contributed by atoms with van der Waals surface area (Å²) < 4.78 is 43.0. The summed E-state index contributed by atoms with van der Waals surface area (Å²) in [5.74, 6) is -0.419. The van der Waals surface area contributed by atoms with Crippen LogP contribution in [0.4, 0.5) is 18.9 Å². The van der Waals surface area contributed by atoms with Crippen LogP contribution in [0.1, 0.15) is 10.4 Å². The van der Waals surface area contributed by atoms with Crippen LogP contribution in [0.15, 0.2) is 53.4 Å². The maximum Gasteiger partial charge on any atom is 0.446 e. The second-order valence-electron chi connectivity index (χ2n) is 5.68. The van der Waals surface area contributed by atoms with E-state index >= 15 is 0 Å². The van der Waals surface area contributed by atoms with Crippen LogP contribution in [0, 0.1) is 0 Å². The number of likely N-dealkylation sites (N-methyl/N-ethyl adjacent to an activating group) is 1. The van der Waals surface area contributed by atoms with Gasteiger partial charge in [0.15, 0.2) is 6.10 Å². The SMILES string of the molecule is CNC(=O)[C@H]1CN(C(=O)c2ccc(SC(F)(F)F)cc2)c2ccccc2O1. The van der Waals surface area contributed by atoms with Crippen molar-refractivity contribution in [3.8, 4) is 5.75 Å². The number of hydrogen-bond acceptors (Lipinski definition) is 4. The Balaban J connectivity index is 1.87. The van der Waals surface area contributed by atoms with E-state index in [0.29, 0.717) is 11.4 Å². The molecule has 0 saturated carbocycles. The molecule has 0 saturated heterocycles. The van der Waals surface area contributed by atoms with Crippen molar-refractivity contribution in [3.05, 3.63) is 54.1 Å². The normalized spacial score (nSPS) is 16.3. The van der Waals surface area contributed by atoms with E-state index in [-0.39, 0.29) is 34.7 Å². The Morgan fingerprint density at radius 3 is 2.44 bits per heavy atom. The maximum absolute atomic E-state index is 12.9. The first-order valence-corrected chi connectivity index (χ1v) is 8.75. The zero-order valence-corrected chi connectivity index (χ0v) is 14.9. The molecule has 0 radical (unpaired) electrons. The number of halogens is 3. The number of benzene rings is 2. The van der Waals surface area contributed by atoms with Crippen molar-refractivity contribution in [3.63, 3.8) is 0 Å². The Labute approximate surface area is 157 Å². The minimum atomic E-state index is -4.39. The van der Waals surface area contributed by atoms with Gasteiger partial charge in [-0.15, -0.1) is 0 Å². The molecule has 0 aromatic heterocycles. The van der Waals surface area contributed by atoms with E-state index in [0.717, 1.165) is 0 Å². The summed E-state index contributed by atoms with van der Waals surface area (Å²) in [4.78, 5) is 26.3. The predicted octanol–water partition coefficient (Wildman–Crippen LogP) is 3.45. The molecule has 2 aromatic carbocycles. The van der Waals surface area contributed by atoms with E-state index in [1.54, 1.807) is 24.3 Å². The van der Waals surface area contributed by atoms with Crippen molar-refractivity contribution in [2.45, 2.75) is 16.5 Å². The largest absolute Gasteiger partial charge is 0.477 e. The third-order valence-electron chi connectivity index (χ3n) is 3.89. The van der Waals surface area contributed by atoms with E-state index in [1.807, 2.05) is 0 Å². The number of anilines is 1. The van der Waals surface area contributed by atoms with E-state index in [1.165, 1.54) is 36.2 Å². The first-order chi connectivity index (χ1) is 12.8. The lowest BCUT2D eigenvalue weighted by molar-refractivity contribution is -0.127. The number of amides is 2. The molecule has 1 heterocycles. The van der Waals surface area contributed by atoms with E-state index in [9.17, 15) is 22.8 Å². The fourth-order valence-electron chi connectivity index (χ4n) is 2.68. The van der Waals surface area contributed by atoms with Crippen molar-refractivity contribution < 1.29 is 27.5 Å². The van der Waals surface area contributed by atoms with Gasteiger partial charge in [0.1, 0.15) is 5.75 Å². The first-order valence-electron chi connectivity index (χ1n) is 7.93. The molecule has 2 aromatic rings. The summed E-state index contributed by atoms with van der Waals surface area (Å²) in [5, 5.41) is 2.48. The molecule has 0 fully saturated rings. The smallest absolute Gasteiger partial charge is 0.446 e. The Bertz CT molecular complexity index is 856. The van der Waals surface area contributed by atoms with Crippen molar-refractivity contribution in [2.24, 2.45) is 0 Å². The molecule has 0 aliphatic carbocycles. The maximum atomic E-state index is 12.9. The molecule has 9 heteroatoms. The Kier molecular flexibility index (Phi) is 5.31. The fraction of sp³-hybridized carbons (Fsp3) is 0.222. The highest BCUT2D eigenvalue weighted by atomic mass is 32.2. The van der Waals surface area contributed by atoms with Crippen molar-refractivity contribution >= 4 is 29.3 Å². The summed E-state index contributed by atoms with van der Waals surface area (Å²) in [6.07, 6.45) is -0.881. The van der Waals surface area contributed by atoms with Gasteiger partial charge >= 0.3 is 5.51 Å². The zero-order chi connectivity index (χ0) is 19.6.